The molecule has 164 valence electrons. The van der Waals surface area contributed by atoms with E-state index in [1.807, 2.05) is 42.5 Å². The number of carbonyl (C=O) groups is 1. The molecule has 4 N–H and O–H groups in total. The molecule has 0 saturated carbocycles. The number of nitrogens with zero attached hydrogens (tertiary/aromatic N) is 2. The third kappa shape index (κ3) is 4.97. The Hall–Kier alpha value is -4.07. The maximum atomic E-state index is 13.4. The average Bonchev–Trinajstić information content (AvgIpc) is 3.17. The molecule has 3 aromatic carbocycles. The van der Waals surface area contributed by atoms with Crippen molar-refractivity contribution in [3.63, 3.8) is 0 Å². The number of nitrogen functional groups attached to an aromatic ring is 1. The number of hydrogen-bond donors (Lipinski definition) is 3. The van der Waals surface area contributed by atoms with Gasteiger partial charge in [0, 0.05) is 23.6 Å². The molecule has 4 rings (SSSR count). The summed E-state index contributed by atoms with van der Waals surface area (Å²) < 4.78 is 18.5. The number of nitrogens with one attached hydrogen (secondary N) is 2. The van der Waals surface area contributed by atoms with E-state index in [2.05, 4.69) is 15.3 Å². The number of hydrogen-bond acceptors (Lipinski definition) is 6. The van der Waals surface area contributed by atoms with Crippen LogP contribution in [0.3, 0.4) is 0 Å². The lowest BCUT2D eigenvalue weighted by Crippen LogP contribution is -2.26. The van der Waals surface area contributed by atoms with Gasteiger partial charge in [-0.1, -0.05) is 12.1 Å². The highest BCUT2D eigenvalue weighted by atomic mass is 19.1. The van der Waals surface area contributed by atoms with Crippen LogP contribution in [0.2, 0.25) is 0 Å². The fraction of sp³-hybridized carbons (Fsp3) is 0.167. The molecule has 8 heteroatoms. The van der Waals surface area contributed by atoms with Crippen molar-refractivity contribution >= 4 is 40.0 Å². The van der Waals surface area contributed by atoms with Crippen LogP contribution in [0.1, 0.15) is 12.5 Å². The van der Waals surface area contributed by atoms with Crippen LogP contribution in [0.15, 0.2) is 66.7 Å². The van der Waals surface area contributed by atoms with E-state index in [0.717, 1.165) is 28.0 Å². The van der Waals surface area contributed by atoms with Gasteiger partial charge in [-0.25, -0.2) is 9.37 Å². The van der Waals surface area contributed by atoms with Crippen LogP contribution in [0.25, 0.3) is 11.0 Å². The Morgan fingerprint density at radius 1 is 1.09 bits per heavy atom. The number of H-pyrrole nitrogens is 1. The fourth-order valence-electron chi connectivity index (χ4n) is 3.43. The highest BCUT2D eigenvalue weighted by molar-refractivity contribution is 5.81. The van der Waals surface area contributed by atoms with Crippen molar-refractivity contribution in [1.29, 1.82) is 0 Å². The van der Waals surface area contributed by atoms with Crippen LogP contribution in [-0.2, 0) is 16.1 Å². The molecule has 0 spiro atoms. The van der Waals surface area contributed by atoms with Crippen molar-refractivity contribution in [2.75, 3.05) is 29.1 Å². The molecule has 0 unspecified atom stereocenters. The van der Waals surface area contributed by atoms with Gasteiger partial charge >= 0.3 is 5.97 Å². The van der Waals surface area contributed by atoms with Crippen LogP contribution in [0.5, 0.6) is 0 Å². The monoisotopic (exact) mass is 433 g/mol. The van der Waals surface area contributed by atoms with Crippen LogP contribution in [0.4, 0.5) is 27.4 Å². The molecule has 0 saturated heterocycles. The normalized spacial score (nSPS) is 10.8. The van der Waals surface area contributed by atoms with Gasteiger partial charge in [0.2, 0.25) is 0 Å². The van der Waals surface area contributed by atoms with Gasteiger partial charge in [0.25, 0.3) is 0 Å². The summed E-state index contributed by atoms with van der Waals surface area (Å²) in [6.07, 6.45) is 0. The number of fused-ring (bicyclic) bond motifs is 1. The number of anilines is 4. The van der Waals surface area contributed by atoms with Crippen molar-refractivity contribution in [1.82, 2.24) is 9.97 Å². The van der Waals surface area contributed by atoms with Crippen molar-refractivity contribution in [3.8, 4) is 0 Å². The van der Waals surface area contributed by atoms with Gasteiger partial charge in [-0.15, -0.1) is 0 Å². The maximum Gasteiger partial charge on any atom is 0.325 e. The summed E-state index contributed by atoms with van der Waals surface area (Å²) in [6, 6.07) is 19.7. The molecule has 0 fully saturated rings. The summed E-state index contributed by atoms with van der Waals surface area (Å²) in [4.78, 5) is 21.1. The van der Waals surface area contributed by atoms with Crippen LogP contribution >= 0.6 is 0 Å². The van der Waals surface area contributed by atoms with Crippen LogP contribution < -0.4 is 16.0 Å². The molecule has 0 aliphatic rings. The molecule has 32 heavy (non-hydrogen) atoms. The van der Waals surface area contributed by atoms with E-state index in [1.165, 1.54) is 12.1 Å². The number of aromatic amines is 1. The summed E-state index contributed by atoms with van der Waals surface area (Å²) in [7, 11) is 0. The second kappa shape index (κ2) is 9.38. The predicted molar refractivity (Wildman–Crippen MR) is 124 cm³/mol. The van der Waals surface area contributed by atoms with Gasteiger partial charge in [-0.2, -0.15) is 0 Å². The standard InChI is InChI=1S/C24H24FN5O2/c1-2-32-23(31)15-30(20-10-5-17(25)6-11-20)19-8-3-16(4-9-19)14-27-18-7-12-21-22(13-18)29-24(26)28-21/h3-13,27H,2,14-15H2,1H3,(H3,26,28,29). The smallest absolute Gasteiger partial charge is 0.325 e. The number of ether oxygens (including phenoxy) is 1. The van der Waals surface area contributed by atoms with Gasteiger partial charge < -0.3 is 25.7 Å². The fourth-order valence-corrected chi connectivity index (χ4v) is 3.43. The number of esters is 1. The largest absolute Gasteiger partial charge is 0.465 e. The molecular weight excluding hydrogens is 409 g/mol. The summed E-state index contributed by atoms with van der Waals surface area (Å²) in [6.45, 7) is 2.72. The Kier molecular flexibility index (Phi) is 6.21. The third-order valence-corrected chi connectivity index (χ3v) is 4.98. The van der Waals surface area contributed by atoms with Gasteiger partial charge in [0.1, 0.15) is 12.4 Å². The number of nitrogens with two attached hydrogens (primary N) is 1. The highest BCUT2D eigenvalue weighted by Gasteiger charge is 2.15. The molecule has 0 bridgehead atoms. The first-order valence-corrected chi connectivity index (χ1v) is 10.3. The summed E-state index contributed by atoms with van der Waals surface area (Å²) in [5.74, 6) is -0.291. The van der Waals surface area contributed by atoms with Crippen molar-refractivity contribution in [2.24, 2.45) is 0 Å². The van der Waals surface area contributed by atoms with Gasteiger partial charge in [0.05, 0.1) is 17.6 Å². The second-order valence-corrected chi connectivity index (χ2v) is 7.24. The van der Waals surface area contributed by atoms with Crippen LogP contribution in [0, 0.1) is 5.82 Å². The first kappa shape index (κ1) is 21.2. The zero-order valence-corrected chi connectivity index (χ0v) is 17.6. The van der Waals surface area contributed by atoms with E-state index in [9.17, 15) is 9.18 Å². The molecule has 1 heterocycles. The Morgan fingerprint density at radius 2 is 1.78 bits per heavy atom. The minimum absolute atomic E-state index is 0.0321. The lowest BCUT2D eigenvalue weighted by atomic mass is 10.1. The van der Waals surface area contributed by atoms with E-state index in [1.54, 1.807) is 24.0 Å². The third-order valence-electron chi connectivity index (χ3n) is 4.98. The molecule has 0 aliphatic carbocycles. The van der Waals surface area contributed by atoms with E-state index < -0.39 is 0 Å². The number of halogens is 1. The Bertz CT molecular complexity index is 1210. The van der Waals surface area contributed by atoms with Crippen LogP contribution in [-0.4, -0.2) is 29.1 Å². The second-order valence-electron chi connectivity index (χ2n) is 7.24. The lowest BCUT2D eigenvalue weighted by molar-refractivity contribution is -0.141. The lowest BCUT2D eigenvalue weighted by Gasteiger charge is -2.24. The molecule has 0 radical (unpaired) electrons. The molecule has 0 atom stereocenters. The number of carbonyl (C=O) groups excluding carboxylic acids is 1. The van der Waals surface area contributed by atoms with E-state index in [-0.39, 0.29) is 18.3 Å². The molecule has 1 aromatic heterocycles. The SMILES string of the molecule is CCOC(=O)CN(c1ccc(F)cc1)c1ccc(CNc2ccc3nc(N)[nH]c3c2)cc1. The molecule has 4 aromatic rings. The highest BCUT2D eigenvalue weighted by Crippen LogP contribution is 2.26. The topological polar surface area (TPSA) is 96.3 Å². The number of benzene rings is 3. The number of imidazole rings is 1. The van der Waals surface area contributed by atoms with Crippen molar-refractivity contribution < 1.29 is 13.9 Å². The molecular formula is C24H24FN5O2. The first-order chi connectivity index (χ1) is 15.5. The van der Waals surface area contributed by atoms with E-state index in [4.69, 9.17) is 10.5 Å². The van der Waals surface area contributed by atoms with Gasteiger partial charge in [0.15, 0.2) is 5.95 Å². The van der Waals surface area contributed by atoms with Gasteiger partial charge in [-0.05, 0) is 67.1 Å². The first-order valence-electron chi connectivity index (χ1n) is 10.3. The zero-order chi connectivity index (χ0) is 22.5. The van der Waals surface area contributed by atoms with E-state index >= 15 is 0 Å². The van der Waals surface area contributed by atoms with Crippen molar-refractivity contribution in [2.45, 2.75) is 13.5 Å². The molecule has 0 amide bonds. The average molecular weight is 433 g/mol. The minimum atomic E-state index is -0.350. The number of rotatable bonds is 8. The molecule has 7 nitrogen and oxygen atoms in total. The zero-order valence-electron chi connectivity index (χ0n) is 17.6. The number of aromatic nitrogens is 2. The quantitative estimate of drug-likeness (QED) is 0.352. The minimum Gasteiger partial charge on any atom is -0.465 e. The van der Waals surface area contributed by atoms with Crippen molar-refractivity contribution in [3.05, 3.63) is 78.1 Å². The summed E-state index contributed by atoms with van der Waals surface area (Å²) in [5, 5.41) is 3.38. The maximum absolute atomic E-state index is 13.4. The Labute approximate surface area is 185 Å². The Balaban J connectivity index is 1.48. The summed E-state index contributed by atoms with van der Waals surface area (Å²) >= 11 is 0. The summed E-state index contributed by atoms with van der Waals surface area (Å²) in [5.41, 5.74) is 10.9. The van der Waals surface area contributed by atoms with Gasteiger partial charge in [-0.3, -0.25) is 4.79 Å². The van der Waals surface area contributed by atoms with E-state index in [0.29, 0.717) is 24.8 Å². The predicted octanol–water partition coefficient (Wildman–Crippen LogP) is 4.60. The Morgan fingerprint density at radius 3 is 2.47 bits per heavy atom. The molecule has 0 aliphatic heterocycles.